The third-order valence-corrected chi connectivity index (χ3v) is 6.05. The van der Waals surface area contributed by atoms with E-state index in [2.05, 4.69) is 5.32 Å². The van der Waals surface area contributed by atoms with Crippen molar-refractivity contribution in [2.45, 2.75) is 57.7 Å². The Labute approximate surface area is 183 Å². The zero-order chi connectivity index (χ0) is 21.5. The van der Waals surface area contributed by atoms with Crippen LogP contribution in [0.15, 0.2) is 48.5 Å². The number of rotatable bonds is 8. The van der Waals surface area contributed by atoms with E-state index in [1.54, 1.807) is 25.0 Å². The Kier molecular flexibility index (Phi) is 7.75. The van der Waals surface area contributed by atoms with Crippen molar-refractivity contribution in [1.29, 1.82) is 0 Å². The van der Waals surface area contributed by atoms with Crippen LogP contribution >= 0.6 is 11.6 Å². The molecule has 2 amide bonds. The van der Waals surface area contributed by atoms with Gasteiger partial charge in [-0.05, 0) is 49.1 Å². The maximum atomic E-state index is 13.2. The first-order chi connectivity index (χ1) is 14.5. The van der Waals surface area contributed by atoms with Crippen molar-refractivity contribution in [3.8, 4) is 5.75 Å². The quantitative estimate of drug-likeness (QED) is 0.679. The Morgan fingerprint density at radius 3 is 2.43 bits per heavy atom. The van der Waals surface area contributed by atoms with Gasteiger partial charge >= 0.3 is 0 Å². The van der Waals surface area contributed by atoms with E-state index < -0.39 is 6.04 Å². The molecule has 1 atom stereocenters. The molecule has 0 heterocycles. The number of hydrogen-bond acceptors (Lipinski definition) is 3. The van der Waals surface area contributed by atoms with Gasteiger partial charge in [-0.2, -0.15) is 0 Å². The van der Waals surface area contributed by atoms with Gasteiger partial charge in [-0.25, -0.2) is 0 Å². The van der Waals surface area contributed by atoms with Crippen LogP contribution in [0.25, 0.3) is 0 Å². The summed E-state index contributed by atoms with van der Waals surface area (Å²) >= 11 is 6.34. The zero-order valence-corrected chi connectivity index (χ0v) is 18.3. The topological polar surface area (TPSA) is 58.6 Å². The van der Waals surface area contributed by atoms with Gasteiger partial charge in [0.05, 0.1) is 13.5 Å². The Bertz CT molecular complexity index is 863. The fraction of sp³-hybridized carbons (Fsp3) is 0.417. The number of nitrogens with zero attached hydrogens (tertiary/aromatic N) is 1. The standard InChI is InChI=1S/C24H29ClN2O3/c1-17(24(29)26-20-8-4-5-9-20)27(16-19-7-3-6-10-22(19)25)23(28)15-18-11-13-21(30-2)14-12-18/h3,6-7,10-14,17,20H,4-5,8-9,15-16H2,1-2H3,(H,26,29)/t17-/m0/s1. The SMILES string of the molecule is COc1ccc(CC(=O)N(Cc2ccccc2Cl)[C@@H](C)C(=O)NC2CCCC2)cc1. The Morgan fingerprint density at radius 1 is 1.13 bits per heavy atom. The minimum Gasteiger partial charge on any atom is -0.497 e. The van der Waals surface area contributed by atoms with Crippen molar-refractivity contribution in [1.82, 2.24) is 10.2 Å². The van der Waals surface area contributed by atoms with Crippen molar-refractivity contribution in [3.05, 3.63) is 64.7 Å². The number of methoxy groups -OCH3 is 1. The molecule has 0 aromatic heterocycles. The van der Waals surface area contributed by atoms with Gasteiger partial charge in [0.15, 0.2) is 0 Å². The van der Waals surface area contributed by atoms with Crippen molar-refractivity contribution in [2.75, 3.05) is 7.11 Å². The lowest BCUT2D eigenvalue weighted by atomic mass is 10.1. The highest BCUT2D eigenvalue weighted by Crippen LogP contribution is 2.21. The Morgan fingerprint density at radius 2 is 1.80 bits per heavy atom. The molecule has 0 spiro atoms. The molecule has 1 aliphatic carbocycles. The second kappa shape index (κ2) is 10.5. The molecule has 5 nitrogen and oxygen atoms in total. The summed E-state index contributed by atoms with van der Waals surface area (Å²) in [5, 5.41) is 3.70. The molecule has 2 aromatic carbocycles. The Hall–Kier alpha value is -2.53. The molecular weight excluding hydrogens is 400 g/mol. The van der Waals surface area contributed by atoms with Crippen molar-refractivity contribution >= 4 is 23.4 Å². The summed E-state index contributed by atoms with van der Waals surface area (Å²) in [6.07, 6.45) is 4.49. The lowest BCUT2D eigenvalue weighted by Gasteiger charge is -2.30. The Balaban J connectivity index is 1.77. The third kappa shape index (κ3) is 5.76. The van der Waals surface area contributed by atoms with Crippen LogP contribution in [0.5, 0.6) is 5.75 Å². The van der Waals surface area contributed by atoms with Crippen LogP contribution in [0.3, 0.4) is 0 Å². The molecule has 0 aliphatic heterocycles. The summed E-state index contributed by atoms with van der Waals surface area (Å²) in [5.74, 6) is 0.509. The average molecular weight is 429 g/mol. The number of carbonyl (C=O) groups is 2. The second-order valence-electron chi connectivity index (χ2n) is 7.80. The summed E-state index contributed by atoms with van der Waals surface area (Å²) in [6.45, 7) is 2.07. The minimum absolute atomic E-state index is 0.114. The van der Waals surface area contributed by atoms with E-state index in [0.717, 1.165) is 42.6 Å². The van der Waals surface area contributed by atoms with E-state index in [0.29, 0.717) is 5.02 Å². The lowest BCUT2D eigenvalue weighted by Crippen LogP contribution is -2.50. The fourth-order valence-corrected chi connectivity index (χ4v) is 4.00. The predicted molar refractivity (Wildman–Crippen MR) is 119 cm³/mol. The van der Waals surface area contributed by atoms with Gasteiger partial charge in [-0.3, -0.25) is 9.59 Å². The van der Waals surface area contributed by atoms with Crippen LogP contribution < -0.4 is 10.1 Å². The largest absolute Gasteiger partial charge is 0.497 e. The number of nitrogens with one attached hydrogen (secondary N) is 1. The van der Waals surface area contributed by atoms with Gasteiger partial charge < -0.3 is 15.0 Å². The molecule has 30 heavy (non-hydrogen) atoms. The molecule has 1 N–H and O–H groups in total. The first-order valence-corrected chi connectivity index (χ1v) is 10.8. The fourth-order valence-electron chi connectivity index (χ4n) is 3.80. The molecule has 0 radical (unpaired) electrons. The molecule has 2 aromatic rings. The first kappa shape index (κ1) is 22.2. The summed E-state index contributed by atoms with van der Waals surface area (Å²) in [5.41, 5.74) is 1.69. The number of ether oxygens (including phenoxy) is 1. The number of amides is 2. The summed E-state index contributed by atoms with van der Waals surface area (Å²) in [4.78, 5) is 27.8. The summed E-state index contributed by atoms with van der Waals surface area (Å²) in [7, 11) is 1.61. The van der Waals surface area contributed by atoms with Crippen LogP contribution in [0, 0.1) is 0 Å². The first-order valence-electron chi connectivity index (χ1n) is 10.4. The van der Waals surface area contributed by atoms with E-state index in [1.807, 2.05) is 42.5 Å². The van der Waals surface area contributed by atoms with Crippen LogP contribution in [-0.2, 0) is 22.6 Å². The van der Waals surface area contributed by atoms with E-state index in [-0.39, 0.29) is 30.8 Å². The van der Waals surface area contributed by atoms with Crippen molar-refractivity contribution in [3.63, 3.8) is 0 Å². The van der Waals surface area contributed by atoms with Crippen LogP contribution in [0.2, 0.25) is 5.02 Å². The highest BCUT2D eigenvalue weighted by molar-refractivity contribution is 6.31. The van der Waals surface area contributed by atoms with E-state index >= 15 is 0 Å². The molecule has 1 aliphatic rings. The maximum absolute atomic E-state index is 13.2. The van der Waals surface area contributed by atoms with Crippen molar-refractivity contribution in [2.24, 2.45) is 0 Å². The molecule has 0 unspecified atom stereocenters. The van der Waals surface area contributed by atoms with Gasteiger partial charge in [0, 0.05) is 17.6 Å². The zero-order valence-electron chi connectivity index (χ0n) is 17.6. The van der Waals surface area contributed by atoms with Crippen LogP contribution in [0.4, 0.5) is 0 Å². The van der Waals surface area contributed by atoms with Crippen LogP contribution in [-0.4, -0.2) is 35.9 Å². The minimum atomic E-state index is -0.590. The summed E-state index contributed by atoms with van der Waals surface area (Å²) in [6, 6.07) is 14.4. The molecule has 1 fully saturated rings. The third-order valence-electron chi connectivity index (χ3n) is 5.68. The maximum Gasteiger partial charge on any atom is 0.242 e. The second-order valence-corrected chi connectivity index (χ2v) is 8.21. The highest BCUT2D eigenvalue weighted by atomic mass is 35.5. The van der Waals surface area contributed by atoms with Gasteiger partial charge in [0.1, 0.15) is 11.8 Å². The lowest BCUT2D eigenvalue weighted by molar-refractivity contribution is -0.140. The molecular formula is C24H29ClN2O3. The van der Waals surface area contributed by atoms with Gasteiger partial charge in [-0.15, -0.1) is 0 Å². The van der Waals surface area contributed by atoms with Crippen LogP contribution in [0.1, 0.15) is 43.7 Å². The molecule has 3 rings (SSSR count). The van der Waals surface area contributed by atoms with Gasteiger partial charge in [0.25, 0.3) is 0 Å². The monoisotopic (exact) mass is 428 g/mol. The normalized spacial score (nSPS) is 14.9. The van der Waals surface area contributed by atoms with E-state index in [1.165, 1.54) is 0 Å². The molecule has 1 saturated carbocycles. The molecule has 0 bridgehead atoms. The predicted octanol–water partition coefficient (Wildman–Crippen LogP) is 4.37. The van der Waals surface area contributed by atoms with Gasteiger partial charge in [-0.1, -0.05) is 54.8 Å². The number of halogens is 1. The number of benzene rings is 2. The van der Waals surface area contributed by atoms with E-state index in [4.69, 9.17) is 16.3 Å². The highest BCUT2D eigenvalue weighted by Gasteiger charge is 2.28. The summed E-state index contributed by atoms with van der Waals surface area (Å²) < 4.78 is 5.18. The molecule has 160 valence electrons. The van der Waals surface area contributed by atoms with Crippen molar-refractivity contribution < 1.29 is 14.3 Å². The van der Waals surface area contributed by atoms with E-state index in [9.17, 15) is 9.59 Å². The number of hydrogen-bond donors (Lipinski definition) is 1. The smallest absolute Gasteiger partial charge is 0.242 e. The number of carbonyl (C=O) groups excluding carboxylic acids is 2. The van der Waals surface area contributed by atoms with Gasteiger partial charge in [0.2, 0.25) is 11.8 Å². The average Bonchev–Trinajstić information content (AvgIpc) is 3.26. The molecule has 6 heteroatoms. The molecule has 0 saturated heterocycles.